The van der Waals surface area contributed by atoms with Crippen molar-refractivity contribution in [2.75, 3.05) is 11.4 Å². The van der Waals surface area contributed by atoms with Crippen LogP contribution < -0.4 is 9.64 Å². The van der Waals surface area contributed by atoms with Crippen molar-refractivity contribution >= 4 is 11.4 Å². The summed E-state index contributed by atoms with van der Waals surface area (Å²) in [6.07, 6.45) is -3.04. The molecule has 0 aromatic heterocycles. The van der Waals surface area contributed by atoms with E-state index in [-0.39, 0.29) is 11.5 Å². The maximum Gasteiger partial charge on any atom is 0.573 e. The molecule has 2 aromatic carbocycles. The third-order valence-corrected chi connectivity index (χ3v) is 3.61. The molecule has 0 atom stereocenters. The van der Waals surface area contributed by atoms with Crippen LogP contribution in [0.2, 0.25) is 0 Å². The summed E-state index contributed by atoms with van der Waals surface area (Å²) in [5.74, 6) is 0.00335. The Kier molecular flexibility index (Phi) is 3.60. The van der Waals surface area contributed by atoms with Crippen LogP contribution in [-0.2, 0) is 6.42 Å². The SMILES string of the molecule is Oc1cccc2c1CCCN2c1ccc(OC(F)(F)F)cc1. The van der Waals surface area contributed by atoms with Gasteiger partial charge in [0.15, 0.2) is 0 Å². The van der Waals surface area contributed by atoms with E-state index >= 15 is 0 Å². The molecule has 0 saturated heterocycles. The van der Waals surface area contributed by atoms with Crippen molar-refractivity contribution in [3.63, 3.8) is 0 Å². The summed E-state index contributed by atoms with van der Waals surface area (Å²) < 4.78 is 40.4. The lowest BCUT2D eigenvalue weighted by atomic mass is 10.00. The topological polar surface area (TPSA) is 32.7 Å². The van der Waals surface area contributed by atoms with Gasteiger partial charge in [-0.1, -0.05) is 6.07 Å². The van der Waals surface area contributed by atoms with Gasteiger partial charge in [-0.05, 0) is 49.2 Å². The number of alkyl halides is 3. The molecule has 1 heterocycles. The number of hydrogen-bond acceptors (Lipinski definition) is 3. The van der Waals surface area contributed by atoms with Crippen molar-refractivity contribution in [1.82, 2.24) is 0 Å². The van der Waals surface area contributed by atoms with E-state index < -0.39 is 6.36 Å². The Labute approximate surface area is 125 Å². The van der Waals surface area contributed by atoms with Crippen LogP contribution in [0.25, 0.3) is 0 Å². The first-order valence-electron chi connectivity index (χ1n) is 6.88. The van der Waals surface area contributed by atoms with E-state index in [1.165, 1.54) is 12.1 Å². The molecule has 2 aromatic rings. The Bertz CT molecular complexity index is 668. The first kappa shape index (κ1) is 14.6. The molecule has 3 nitrogen and oxygen atoms in total. The fraction of sp³-hybridized carbons (Fsp3) is 0.250. The van der Waals surface area contributed by atoms with Crippen LogP contribution in [0, 0.1) is 0 Å². The zero-order chi connectivity index (χ0) is 15.7. The second kappa shape index (κ2) is 5.44. The highest BCUT2D eigenvalue weighted by Crippen LogP contribution is 2.38. The maximum absolute atomic E-state index is 12.2. The predicted octanol–water partition coefficient (Wildman–Crippen LogP) is 4.38. The third kappa shape index (κ3) is 2.95. The summed E-state index contributed by atoms with van der Waals surface area (Å²) in [6.45, 7) is 0.746. The maximum atomic E-state index is 12.2. The van der Waals surface area contributed by atoms with Gasteiger partial charge in [0.05, 0.1) is 0 Å². The number of aromatic hydroxyl groups is 1. The van der Waals surface area contributed by atoms with E-state index in [9.17, 15) is 18.3 Å². The van der Waals surface area contributed by atoms with E-state index in [1.54, 1.807) is 24.3 Å². The number of ether oxygens (including phenoxy) is 1. The number of phenols is 1. The molecular weight excluding hydrogens is 295 g/mol. The van der Waals surface area contributed by atoms with Gasteiger partial charge in [0.1, 0.15) is 11.5 Å². The van der Waals surface area contributed by atoms with Crippen LogP contribution in [0.5, 0.6) is 11.5 Å². The molecule has 0 fully saturated rings. The number of nitrogens with zero attached hydrogens (tertiary/aromatic N) is 1. The van der Waals surface area contributed by atoms with Crippen molar-refractivity contribution < 1.29 is 23.0 Å². The van der Waals surface area contributed by atoms with E-state index in [0.29, 0.717) is 0 Å². The number of halogens is 3. The van der Waals surface area contributed by atoms with E-state index in [4.69, 9.17) is 0 Å². The molecular formula is C16H14F3NO2. The molecule has 1 N–H and O–H groups in total. The monoisotopic (exact) mass is 309 g/mol. The Morgan fingerprint density at radius 3 is 2.45 bits per heavy atom. The molecule has 0 amide bonds. The van der Waals surface area contributed by atoms with Gasteiger partial charge in [0.25, 0.3) is 0 Å². The normalized spacial score (nSPS) is 14.6. The molecule has 3 rings (SSSR count). The number of rotatable bonds is 2. The van der Waals surface area contributed by atoms with Crippen LogP contribution in [-0.4, -0.2) is 18.0 Å². The lowest BCUT2D eigenvalue weighted by molar-refractivity contribution is -0.274. The Morgan fingerprint density at radius 1 is 1.05 bits per heavy atom. The average molecular weight is 309 g/mol. The second-order valence-electron chi connectivity index (χ2n) is 5.07. The highest BCUT2D eigenvalue weighted by molar-refractivity contribution is 5.70. The minimum absolute atomic E-state index is 0.246. The molecule has 1 aliphatic heterocycles. The zero-order valence-corrected chi connectivity index (χ0v) is 11.6. The lowest BCUT2D eigenvalue weighted by Crippen LogP contribution is -2.24. The van der Waals surface area contributed by atoms with Gasteiger partial charge in [0, 0.05) is 23.5 Å². The number of anilines is 2. The van der Waals surface area contributed by atoms with E-state index in [0.717, 1.165) is 36.3 Å². The van der Waals surface area contributed by atoms with Crippen molar-refractivity contribution in [3.8, 4) is 11.5 Å². The molecule has 6 heteroatoms. The quantitative estimate of drug-likeness (QED) is 0.894. The minimum Gasteiger partial charge on any atom is -0.508 e. The highest BCUT2D eigenvalue weighted by Gasteiger charge is 2.31. The summed E-state index contributed by atoms with van der Waals surface area (Å²) in [4.78, 5) is 1.98. The summed E-state index contributed by atoms with van der Waals surface area (Å²) in [6, 6.07) is 11.0. The molecule has 0 saturated carbocycles. The minimum atomic E-state index is -4.69. The van der Waals surface area contributed by atoms with Gasteiger partial charge in [-0.2, -0.15) is 0 Å². The Hall–Kier alpha value is -2.37. The van der Waals surface area contributed by atoms with Crippen molar-refractivity contribution in [2.24, 2.45) is 0 Å². The summed E-state index contributed by atoms with van der Waals surface area (Å²) in [5.41, 5.74) is 2.51. The largest absolute Gasteiger partial charge is 0.573 e. The second-order valence-corrected chi connectivity index (χ2v) is 5.07. The molecule has 22 heavy (non-hydrogen) atoms. The van der Waals surface area contributed by atoms with Gasteiger partial charge < -0.3 is 14.7 Å². The Balaban J connectivity index is 1.89. The van der Waals surface area contributed by atoms with Crippen molar-refractivity contribution in [2.45, 2.75) is 19.2 Å². The first-order chi connectivity index (χ1) is 10.4. The fourth-order valence-corrected chi connectivity index (χ4v) is 2.70. The van der Waals surface area contributed by atoms with Crippen LogP contribution in [0.1, 0.15) is 12.0 Å². The Morgan fingerprint density at radius 2 is 1.77 bits per heavy atom. The van der Waals surface area contributed by atoms with Gasteiger partial charge in [-0.25, -0.2) is 0 Å². The zero-order valence-electron chi connectivity index (χ0n) is 11.6. The van der Waals surface area contributed by atoms with E-state index in [1.807, 2.05) is 11.0 Å². The first-order valence-corrected chi connectivity index (χ1v) is 6.88. The number of benzene rings is 2. The third-order valence-electron chi connectivity index (χ3n) is 3.61. The van der Waals surface area contributed by atoms with Gasteiger partial charge in [0.2, 0.25) is 0 Å². The molecule has 0 bridgehead atoms. The molecule has 0 spiro atoms. The van der Waals surface area contributed by atoms with Gasteiger partial charge >= 0.3 is 6.36 Å². The van der Waals surface area contributed by atoms with Crippen LogP contribution in [0.4, 0.5) is 24.5 Å². The molecule has 1 aliphatic rings. The van der Waals surface area contributed by atoms with Crippen molar-refractivity contribution in [1.29, 1.82) is 0 Å². The summed E-state index contributed by atoms with van der Waals surface area (Å²) >= 11 is 0. The van der Waals surface area contributed by atoms with Gasteiger partial charge in [-0.15, -0.1) is 13.2 Å². The fourth-order valence-electron chi connectivity index (χ4n) is 2.70. The molecule has 0 aliphatic carbocycles. The number of fused-ring (bicyclic) bond motifs is 1. The van der Waals surface area contributed by atoms with E-state index in [2.05, 4.69) is 4.74 Å². The predicted molar refractivity (Wildman–Crippen MR) is 76.6 cm³/mol. The van der Waals surface area contributed by atoms with Crippen LogP contribution in [0.15, 0.2) is 42.5 Å². The molecule has 0 radical (unpaired) electrons. The number of phenolic OH excluding ortho intramolecular Hbond substituents is 1. The highest BCUT2D eigenvalue weighted by atomic mass is 19.4. The summed E-state index contributed by atoms with van der Waals surface area (Å²) in [7, 11) is 0. The average Bonchev–Trinajstić information content (AvgIpc) is 2.46. The standard InChI is InChI=1S/C16H14F3NO2/c17-16(18,19)22-12-8-6-11(7-9-12)20-10-2-3-13-14(20)4-1-5-15(13)21/h1,4-9,21H,2-3,10H2. The lowest BCUT2D eigenvalue weighted by Gasteiger charge is -2.31. The van der Waals surface area contributed by atoms with Crippen molar-refractivity contribution in [3.05, 3.63) is 48.0 Å². The van der Waals surface area contributed by atoms with Crippen LogP contribution >= 0.6 is 0 Å². The smallest absolute Gasteiger partial charge is 0.508 e. The molecule has 116 valence electrons. The number of hydrogen-bond donors (Lipinski definition) is 1. The van der Waals surface area contributed by atoms with Gasteiger partial charge in [-0.3, -0.25) is 0 Å². The molecule has 0 unspecified atom stereocenters. The van der Waals surface area contributed by atoms with Crippen LogP contribution in [0.3, 0.4) is 0 Å². The summed E-state index contributed by atoms with van der Waals surface area (Å²) in [5, 5.41) is 9.92.